The zero-order valence-electron chi connectivity index (χ0n) is 10.7. The van der Waals surface area contributed by atoms with Gasteiger partial charge in [-0.3, -0.25) is 0 Å². The van der Waals surface area contributed by atoms with Gasteiger partial charge >= 0.3 is 0 Å². The molecular formula is C14H15BrClFN2. The van der Waals surface area contributed by atoms with Gasteiger partial charge in [-0.2, -0.15) is 0 Å². The Morgan fingerprint density at radius 3 is 2.89 bits per heavy atom. The number of halogens is 3. The molecule has 102 valence electrons. The van der Waals surface area contributed by atoms with E-state index in [0.29, 0.717) is 27.8 Å². The number of hydrogen-bond acceptors (Lipinski definition) is 1. The third kappa shape index (κ3) is 2.19. The van der Waals surface area contributed by atoms with Crippen LogP contribution in [-0.4, -0.2) is 9.55 Å². The van der Waals surface area contributed by atoms with Crippen molar-refractivity contribution in [2.24, 2.45) is 5.92 Å². The van der Waals surface area contributed by atoms with Crippen LogP contribution >= 0.6 is 27.5 Å². The molecule has 19 heavy (non-hydrogen) atoms. The average Bonchev–Trinajstić information content (AvgIpc) is 2.93. The Balaban J connectivity index is 2.23. The number of rotatable bonds is 2. The summed E-state index contributed by atoms with van der Waals surface area (Å²) < 4.78 is 16.3. The fraction of sp³-hybridized carbons (Fsp3) is 0.500. The van der Waals surface area contributed by atoms with Gasteiger partial charge in [0.05, 0.1) is 21.4 Å². The summed E-state index contributed by atoms with van der Waals surface area (Å²) in [6.07, 6.45) is 3.61. The van der Waals surface area contributed by atoms with E-state index in [9.17, 15) is 4.39 Å². The highest BCUT2D eigenvalue weighted by molar-refractivity contribution is 9.10. The minimum Gasteiger partial charge on any atom is -0.324 e. The molecule has 0 N–H and O–H groups in total. The van der Waals surface area contributed by atoms with Crippen molar-refractivity contribution in [3.8, 4) is 0 Å². The number of alkyl halides is 1. The lowest BCUT2D eigenvalue weighted by molar-refractivity contribution is 0.408. The van der Waals surface area contributed by atoms with Crippen molar-refractivity contribution < 1.29 is 4.39 Å². The Morgan fingerprint density at radius 1 is 1.47 bits per heavy atom. The van der Waals surface area contributed by atoms with Gasteiger partial charge in [0.1, 0.15) is 11.6 Å². The molecule has 0 saturated heterocycles. The van der Waals surface area contributed by atoms with E-state index >= 15 is 0 Å². The molecule has 2 atom stereocenters. The van der Waals surface area contributed by atoms with Crippen LogP contribution in [0.15, 0.2) is 16.6 Å². The van der Waals surface area contributed by atoms with Crippen molar-refractivity contribution in [1.29, 1.82) is 0 Å². The van der Waals surface area contributed by atoms with E-state index in [2.05, 4.69) is 32.4 Å². The molecule has 2 aromatic rings. The molecule has 3 rings (SSSR count). The molecule has 0 radical (unpaired) electrons. The predicted octanol–water partition coefficient (Wildman–Crippen LogP) is 5.04. The van der Waals surface area contributed by atoms with Crippen molar-refractivity contribution in [1.82, 2.24) is 9.55 Å². The summed E-state index contributed by atoms with van der Waals surface area (Å²) in [7, 11) is 0. The Hall–Kier alpha value is -0.610. The van der Waals surface area contributed by atoms with Crippen molar-refractivity contribution in [3.05, 3.63) is 28.2 Å². The standard InChI is InChI=1S/C14H15BrClFN2/c1-8-3-2-4-12(8)19-13-5-9(15)10(17)6-11(13)18-14(19)7-16/h5-6,8,12H,2-4,7H2,1H3. The maximum absolute atomic E-state index is 13.6. The summed E-state index contributed by atoms with van der Waals surface area (Å²) in [5.41, 5.74) is 1.66. The summed E-state index contributed by atoms with van der Waals surface area (Å²) in [5.74, 6) is 1.53. The van der Waals surface area contributed by atoms with Gasteiger partial charge in [0, 0.05) is 12.1 Å². The number of fused-ring (bicyclic) bond motifs is 1. The van der Waals surface area contributed by atoms with Gasteiger partial charge in [0.25, 0.3) is 0 Å². The van der Waals surface area contributed by atoms with Gasteiger partial charge in [0.15, 0.2) is 0 Å². The molecule has 1 fully saturated rings. The van der Waals surface area contributed by atoms with Crippen molar-refractivity contribution in [3.63, 3.8) is 0 Å². The number of hydrogen-bond donors (Lipinski definition) is 0. The normalized spacial score (nSPS) is 23.4. The Kier molecular flexibility index (Phi) is 3.56. The summed E-state index contributed by atoms with van der Waals surface area (Å²) in [6.45, 7) is 2.26. The lowest BCUT2D eigenvalue weighted by atomic mass is 10.1. The molecule has 0 spiro atoms. The SMILES string of the molecule is CC1CCCC1n1c(CCl)nc2cc(F)c(Br)cc21. The van der Waals surface area contributed by atoms with Gasteiger partial charge in [-0.15, -0.1) is 11.6 Å². The number of imidazole rings is 1. The van der Waals surface area contributed by atoms with Crippen LogP contribution in [0.3, 0.4) is 0 Å². The molecule has 1 aliphatic rings. The first-order chi connectivity index (χ1) is 9.11. The molecule has 1 aromatic heterocycles. The number of nitrogens with zero attached hydrogens (tertiary/aromatic N) is 2. The lowest BCUT2D eigenvalue weighted by Gasteiger charge is -2.20. The Bertz CT molecular complexity index is 625. The van der Waals surface area contributed by atoms with E-state index < -0.39 is 0 Å². The summed E-state index contributed by atoms with van der Waals surface area (Å²) in [4.78, 5) is 4.48. The van der Waals surface area contributed by atoms with Crippen LogP contribution in [0, 0.1) is 11.7 Å². The van der Waals surface area contributed by atoms with E-state index in [4.69, 9.17) is 11.6 Å². The maximum atomic E-state index is 13.6. The second-order valence-corrected chi connectivity index (χ2v) is 6.38. The number of benzene rings is 1. The van der Waals surface area contributed by atoms with Gasteiger partial charge in [-0.1, -0.05) is 13.3 Å². The van der Waals surface area contributed by atoms with Crippen molar-refractivity contribution >= 4 is 38.6 Å². The molecule has 2 nitrogen and oxygen atoms in total. The van der Waals surface area contributed by atoms with Crippen LogP contribution < -0.4 is 0 Å². The first-order valence-corrected chi connectivity index (χ1v) is 7.86. The second kappa shape index (κ2) is 5.06. The number of aromatic nitrogens is 2. The monoisotopic (exact) mass is 344 g/mol. The molecule has 0 bridgehead atoms. The van der Waals surface area contributed by atoms with E-state index in [1.165, 1.54) is 18.9 Å². The fourth-order valence-corrected chi connectivity index (χ4v) is 3.63. The largest absolute Gasteiger partial charge is 0.324 e. The van der Waals surface area contributed by atoms with Crippen LogP contribution in [0.2, 0.25) is 0 Å². The fourth-order valence-electron chi connectivity index (χ4n) is 3.11. The summed E-state index contributed by atoms with van der Waals surface area (Å²) >= 11 is 9.28. The molecule has 1 saturated carbocycles. The van der Waals surface area contributed by atoms with Gasteiger partial charge < -0.3 is 4.57 Å². The van der Waals surface area contributed by atoms with Crippen LogP contribution in [0.25, 0.3) is 11.0 Å². The van der Waals surface area contributed by atoms with Crippen LogP contribution in [0.4, 0.5) is 4.39 Å². The first-order valence-electron chi connectivity index (χ1n) is 6.53. The molecular weight excluding hydrogens is 331 g/mol. The van der Waals surface area contributed by atoms with Crippen molar-refractivity contribution in [2.45, 2.75) is 38.1 Å². The van der Waals surface area contributed by atoms with E-state index in [1.54, 1.807) is 0 Å². The molecule has 0 amide bonds. The topological polar surface area (TPSA) is 17.8 Å². The van der Waals surface area contributed by atoms with E-state index in [0.717, 1.165) is 17.8 Å². The predicted molar refractivity (Wildman–Crippen MR) is 79.0 cm³/mol. The highest BCUT2D eigenvalue weighted by atomic mass is 79.9. The smallest absolute Gasteiger partial charge is 0.139 e. The Morgan fingerprint density at radius 2 is 2.26 bits per heavy atom. The molecule has 0 aliphatic heterocycles. The van der Waals surface area contributed by atoms with Crippen LogP contribution in [0.5, 0.6) is 0 Å². The average molecular weight is 346 g/mol. The van der Waals surface area contributed by atoms with Crippen LogP contribution in [-0.2, 0) is 5.88 Å². The van der Waals surface area contributed by atoms with Crippen molar-refractivity contribution in [2.75, 3.05) is 0 Å². The highest BCUT2D eigenvalue weighted by Crippen LogP contribution is 2.39. The third-order valence-electron chi connectivity index (χ3n) is 4.07. The molecule has 1 aromatic carbocycles. The van der Waals surface area contributed by atoms with Crippen LogP contribution in [0.1, 0.15) is 38.1 Å². The minimum atomic E-state index is -0.280. The highest BCUT2D eigenvalue weighted by Gasteiger charge is 2.28. The minimum absolute atomic E-state index is 0.280. The molecule has 1 heterocycles. The summed E-state index contributed by atoms with van der Waals surface area (Å²) in [6, 6.07) is 3.72. The summed E-state index contributed by atoms with van der Waals surface area (Å²) in [5, 5.41) is 0. The maximum Gasteiger partial charge on any atom is 0.139 e. The zero-order chi connectivity index (χ0) is 13.6. The molecule has 2 unspecified atom stereocenters. The van der Waals surface area contributed by atoms with E-state index in [1.807, 2.05) is 6.07 Å². The molecule has 5 heteroatoms. The quantitative estimate of drug-likeness (QED) is 0.697. The first kappa shape index (κ1) is 13.4. The van der Waals surface area contributed by atoms with E-state index in [-0.39, 0.29) is 5.82 Å². The van der Waals surface area contributed by atoms with Gasteiger partial charge in [0.2, 0.25) is 0 Å². The Labute approximate surface area is 125 Å². The van der Waals surface area contributed by atoms with Gasteiger partial charge in [-0.05, 0) is 40.8 Å². The molecule has 1 aliphatic carbocycles. The zero-order valence-corrected chi connectivity index (χ0v) is 13.0. The third-order valence-corrected chi connectivity index (χ3v) is 4.92. The lowest BCUT2D eigenvalue weighted by Crippen LogP contribution is -2.14. The second-order valence-electron chi connectivity index (χ2n) is 5.26. The van der Waals surface area contributed by atoms with Gasteiger partial charge in [-0.25, -0.2) is 9.37 Å².